The molecule has 1 aromatic carbocycles. The van der Waals surface area contributed by atoms with Crippen molar-refractivity contribution in [3.63, 3.8) is 0 Å². The molecule has 20 heavy (non-hydrogen) atoms. The van der Waals surface area contributed by atoms with E-state index in [4.69, 9.17) is 15.9 Å². The molecular formula is C13H19ClFN3O2. The second kappa shape index (κ2) is 8.37. The monoisotopic (exact) mass is 303 g/mol. The number of nitrogens with zero attached hydrogens (tertiary/aromatic N) is 1. The van der Waals surface area contributed by atoms with Gasteiger partial charge in [0, 0.05) is 18.7 Å². The van der Waals surface area contributed by atoms with Gasteiger partial charge in [-0.25, -0.2) is 4.39 Å². The SMILES string of the molecule is CCN(CC)C(=O)COc1ccc(C(=N)N)cc1F.Cl. The van der Waals surface area contributed by atoms with Crippen molar-refractivity contribution in [3.05, 3.63) is 29.6 Å². The van der Waals surface area contributed by atoms with Gasteiger partial charge in [-0.1, -0.05) is 0 Å². The number of carbonyl (C=O) groups is 1. The fraction of sp³-hybridized carbons (Fsp3) is 0.385. The first-order valence-electron chi connectivity index (χ1n) is 6.04. The molecule has 0 spiro atoms. The van der Waals surface area contributed by atoms with Gasteiger partial charge in [-0.2, -0.15) is 0 Å². The van der Waals surface area contributed by atoms with Crippen molar-refractivity contribution in [2.75, 3.05) is 19.7 Å². The first-order chi connectivity index (χ1) is 8.99. The topological polar surface area (TPSA) is 79.4 Å². The smallest absolute Gasteiger partial charge is 0.260 e. The number of benzene rings is 1. The van der Waals surface area contributed by atoms with Gasteiger partial charge in [-0.15, -0.1) is 12.4 Å². The van der Waals surface area contributed by atoms with Crippen molar-refractivity contribution < 1.29 is 13.9 Å². The van der Waals surface area contributed by atoms with E-state index in [0.717, 1.165) is 6.07 Å². The van der Waals surface area contributed by atoms with Gasteiger partial charge in [-0.3, -0.25) is 10.2 Å². The van der Waals surface area contributed by atoms with Gasteiger partial charge in [0.05, 0.1) is 0 Å². The van der Waals surface area contributed by atoms with E-state index in [1.165, 1.54) is 12.1 Å². The minimum absolute atomic E-state index is 0. The number of hydrogen-bond donors (Lipinski definition) is 2. The third kappa shape index (κ3) is 4.70. The van der Waals surface area contributed by atoms with E-state index in [-0.39, 0.29) is 42.1 Å². The van der Waals surface area contributed by atoms with Crippen LogP contribution < -0.4 is 10.5 Å². The Morgan fingerprint density at radius 3 is 2.45 bits per heavy atom. The van der Waals surface area contributed by atoms with E-state index in [9.17, 15) is 9.18 Å². The molecule has 0 saturated carbocycles. The van der Waals surface area contributed by atoms with E-state index in [2.05, 4.69) is 0 Å². The quantitative estimate of drug-likeness (QED) is 0.621. The van der Waals surface area contributed by atoms with Crippen LogP contribution in [-0.2, 0) is 4.79 Å². The minimum atomic E-state index is -0.639. The number of amides is 1. The van der Waals surface area contributed by atoms with Gasteiger partial charge >= 0.3 is 0 Å². The van der Waals surface area contributed by atoms with Crippen LogP contribution in [0.2, 0.25) is 0 Å². The van der Waals surface area contributed by atoms with Gasteiger partial charge < -0.3 is 15.4 Å². The standard InChI is InChI=1S/C13H18FN3O2.ClH/c1-3-17(4-2)12(18)8-19-11-6-5-9(13(15)16)7-10(11)14;/h5-7H,3-4,8H2,1-2H3,(H3,15,16);1H. The number of likely N-dealkylation sites (N-methyl/N-ethyl adjacent to an activating group) is 1. The first-order valence-corrected chi connectivity index (χ1v) is 6.04. The maximum atomic E-state index is 13.6. The summed E-state index contributed by atoms with van der Waals surface area (Å²) in [4.78, 5) is 13.3. The first kappa shape index (κ1) is 18.2. The van der Waals surface area contributed by atoms with E-state index < -0.39 is 5.82 Å². The Kier molecular flexibility index (Phi) is 7.61. The highest BCUT2D eigenvalue weighted by Gasteiger charge is 2.12. The van der Waals surface area contributed by atoms with Crippen molar-refractivity contribution >= 4 is 24.1 Å². The number of hydrogen-bond acceptors (Lipinski definition) is 3. The Hall–Kier alpha value is -1.82. The molecule has 7 heteroatoms. The van der Waals surface area contributed by atoms with E-state index in [0.29, 0.717) is 13.1 Å². The molecule has 0 bridgehead atoms. The molecule has 112 valence electrons. The van der Waals surface area contributed by atoms with Crippen LogP contribution in [0, 0.1) is 11.2 Å². The molecule has 0 fully saturated rings. The lowest BCUT2D eigenvalue weighted by molar-refractivity contribution is -0.133. The lowest BCUT2D eigenvalue weighted by Crippen LogP contribution is -2.34. The number of amidine groups is 1. The van der Waals surface area contributed by atoms with Crippen molar-refractivity contribution in [3.8, 4) is 5.75 Å². The number of ether oxygens (including phenoxy) is 1. The Morgan fingerprint density at radius 1 is 1.40 bits per heavy atom. The fourth-order valence-corrected chi connectivity index (χ4v) is 1.59. The lowest BCUT2D eigenvalue weighted by Gasteiger charge is -2.18. The molecule has 0 atom stereocenters. The number of nitrogens with two attached hydrogens (primary N) is 1. The zero-order valence-corrected chi connectivity index (χ0v) is 12.3. The number of nitrogen functional groups attached to an aromatic ring is 1. The van der Waals surface area contributed by atoms with E-state index in [1.807, 2.05) is 13.8 Å². The van der Waals surface area contributed by atoms with Crippen molar-refractivity contribution in [1.29, 1.82) is 5.41 Å². The summed E-state index contributed by atoms with van der Waals surface area (Å²) in [5, 5.41) is 7.19. The summed E-state index contributed by atoms with van der Waals surface area (Å²) < 4.78 is 18.8. The Balaban J connectivity index is 0.00000361. The van der Waals surface area contributed by atoms with Crippen LogP contribution >= 0.6 is 12.4 Å². The molecule has 0 aromatic heterocycles. The molecule has 0 aliphatic carbocycles. The maximum Gasteiger partial charge on any atom is 0.260 e. The summed E-state index contributed by atoms with van der Waals surface area (Å²) in [5.74, 6) is -1.07. The molecule has 0 heterocycles. The summed E-state index contributed by atoms with van der Waals surface area (Å²) in [7, 11) is 0. The van der Waals surface area contributed by atoms with Crippen molar-refractivity contribution in [2.45, 2.75) is 13.8 Å². The van der Waals surface area contributed by atoms with Crippen molar-refractivity contribution in [1.82, 2.24) is 4.90 Å². The molecule has 1 amide bonds. The molecule has 0 saturated heterocycles. The Labute approximate surface area is 123 Å². The Bertz CT molecular complexity index is 479. The lowest BCUT2D eigenvalue weighted by atomic mass is 10.2. The minimum Gasteiger partial charge on any atom is -0.481 e. The number of carbonyl (C=O) groups excluding carboxylic acids is 1. The average Bonchev–Trinajstić information content (AvgIpc) is 2.38. The van der Waals surface area contributed by atoms with Gasteiger partial charge in [0.1, 0.15) is 5.84 Å². The van der Waals surface area contributed by atoms with Crippen LogP contribution in [-0.4, -0.2) is 36.3 Å². The second-order valence-electron chi connectivity index (χ2n) is 3.91. The molecule has 0 unspecified atom stereocenters. The summed E-state index contributed by atoms with van der Waals surface area (Å²) in [5.41, 5.74) is 5.52. The molecule has 3 N–H and O–H groups in total. The molecule has 0 aliphatic heterocycles. The van der Waals surface area contributed by atoms with Crippen LogP contribution in [0.4, 0.5) is 4.39 Å². The summed E-state index contributed by atoms with van der Waals surface area (Å²) in [6.45, 7) is 4.69. The third-order valence-corrected chi connectivity index (χ3v) is 2.71. The molecule has 1 rings (SSSR count). The number of halogens is 2. The normalized spacial score (nSPS) is 9.55. The van der Waals surface area contributed by atoms with Gasteiger partial charge in [0.2, 0.25) is 0 Å². The Morgan fingerprint density at radius 2 is 2.00 bits per heavy atom. The van der Waals surface area contributed by atoms with Gasteiger partial charge in [0.25, 0.3) is 5.91 Å². The van der Waals surface area contributed by atoms with Crippen LogP contribution in [0.15, 0.2) is 18.2 Å². The van der Waals surface area contributed by atoms with Crippen molar-refractivity contribution in [2.24, 2.45) is 5.73 Å². The highest BCUT2D eigenvalue weighted by molar-refractivity contribution is 5.95. The van der Waals surface area contributed by atoms with E-state index in [1.54, 1.807) is 4.90 Å². The average molecular weight is 304 g/mol. The van der Waals surface area contributed by atoms with Gasteiger partial charge in [0.15, 0.2) is 18.2 Å². The van der Waals surface area contributed by atoms with Crippen LogP contribution in [0.3, 0.4) is 0 Å². The predicted molar refractivity (Wildman–Crippen MR) is 78.1 cm³/mol. The van der Waals surface area contributed by atoms with Gasteiger partial charge in [-0.05, 0) is 32.0 Å². The third-order valence-electron chi connectivity index (χ3n) is 2.71. The van der Waals surface area contributed by atoms with Crippen LogP contribution in [0.1, 0.15) is 19.4 Å². The highest BCUT2D eigenvalue weighted by Crippen LogP contribution is 2.18. The zero-order chi connectivity index (χ0) is 14.4. The second-order valence-corrected chi connectivity index (χ2v) is 3.91. The zero-order valence-electron chi connectivity index (χ0n) is 11.5. The molecule has 0 aliphatic rings. The fourth-order valence-electron chi connectivity index (χ4n) is 1.59. The molecule has 0 radical (unpaired) electrons. The highest BCUT2D eigenvalue weighted by atomic mass is 35.5. The van der Waals surface area contributed by atoms with Crippen LogP contribution in [0.5, 0.6) is 5.75 Å². The number of nitrogens with one attached hydrogen (secondary N) is 1. The maximum absolute atomic E-state index is 13.6. The number of rotatable bonds is 6. The largest absolute Gasteiger partial charge is 0.481 e. The molecule has 5 nitrogen and oxygen atoms in total. The summed E-state index contributed by atoms with van der Waals surface area (Å²) in [6, 6.07) is 3.95. The van der Waals surface area contributed by atoms with Crippen LogP contribution in [0.25, 0.3) is 0 Å². The molecule has 1 aromatic rings. The molecular weight excluding hydrogens is 285 g/mol. The summed E-state index contributed by atoms with van der Waals surface area (Å²) in [6.07, 6.45) is 0. The predicted octanol–water partition coefficient (Wildman–Crippen LogP) is 1.78. The summed E-state index contributed by atoms with van der Waals surface area (Å²) >= 11 is 0. The van der Waals surface area contributed by atoms with E-state index >= 15 is 0 Å².